The minimum atomic E-state index is 0.161. The third kappa shape index (κ3) is 3.26. The van der Waals surface area contributed by atoms with Gasteiger partial charge in [0, 0.05) is 31.9 Å². The fourth-order valence-corrected chi connectivity index (χ4v) is 2.00. The van der Waals surface area contributed by atoms with Gasteiger partial charge >= 0.3 is 0 Å². The van der Waals surface area contributed by atoms with E-state index in [1.54, 1.807) is 13.2 Å². The molecule has 0 bridgehead atoms. The van der Waals surface area contributed by atoms with Crippen LogP contribution < -0.4 is 10.1 Å². The first-order valence-electron chi connectivity index (χ1n) is 6.16. The highest BCUT2D eigenvalue weighted by Crippen LogP contribution is 2.26. The van der Waals surface area contributed by atoms with Crippen molar-refractivity contribution >= 4 is 0 Å². The Morgan fingerprint density at radius 2 is 2.16 bits per heavy atom. The number of aryl methyl sites for hydroxylation is 2. The fraction of sp³-hybridized carbons (Fsp3) is 0.357. The van der Waals surface area contributed by atoms with Gasteiger partial charge in [-0.3, -0.25) is 4.68 Å². The van der Waals surface area contributed by atoms with Crippen LogP contribution in [0.4, 0.5) is 0 Å². The number of benzene rings is 1. The Hall–Kier alpha value is -2.01. The summed E-state index contributed by atoms with van der Waals surface area (Å²) >= 11 is 0. The van der Waals surface area contributed by atoms with Crippen LogP contribution in [0.1, 0.15) is 16.8 Å². The SMILES string of the molecule is COc1cc(CNCc2cn(C)nc2C)ccc1O. The first kappa shape index (κ1) is 13.4. The zero-order valence-corrected chi connectivity index (χ0v) is 11.5. The molecule has 1 aromatic heterocycles. The van der Waals surface area contributed by atoms with Crippen LogP contribution in [0.15, 0.2) is 24.4 Å². The number of phenolic OH excluding ortho intramolecular Hbond substituents is 1. The molecule has 2 N–H and O–H groups in total. The molecule has 0 aliphatic heterocycles. The van der Waals surface area contributed by atoms with Crippen LogP contribution in [0.3, 0.4) is 0 Å². The quantitative estimate of drug-likeness (QED) is 0.860. The molecule has 5 nitrogen and oxygen atoms in total. The van der Waals surface area contributed by atoms with Crippen molar-refractivity contribution in [3.8, 4) is 11.5 Å². The smallest absolute Gasteiger partial charge is 0.160 e. The average molecular weight is 261 g/mol. The molecule has 0 spiro atoms. The molecule has 19 heavy (non-hydrogen) atoms. The molecule has 0 radical (unpaired) electrons. The molecular formula is C14H19N3O2. The van der Waals surface area contributed by atoms with Crippen molar-refractivity contribution in [2.45, 2.75) is 20.0 Å². The Kier molecular flexibility index (Phi) is 4.06. The van der Waals surface area contributed by atoms with Gasteiger partial charge in [-0.2, -0.15) is 5.10 Å². The molecule has 0 fully saturated rings. The first-order valence-corrected chi connectivity index (χ1v) is 6.16. The Morgan fingerprint density at radius 1 is 1.37 bits per heavy atom. The van der Waals surface area contributed by atoms with E-state index in [1.165, 1.54) is 5.56 Å². The van der Waals surface area contributed by atoms with Gasteiger partial charge in [0.15, 0.2) is 11.5 Å². The number of nitrogens with zero attached hydrogens (tertiary/aromatic N) is 2. The van der Waals surface area contributed by atoms with E-state index in [1.807, 2.05) is 37.0 Å². The van der Waals surface area contributed by atoms with Gasteiger partial charge in [0.05, 0.1) is 12.8 Å². The van der Waals surface area contributed by atoms with Crippen LogP contribution in [0.5, 0.6) is 11.5 Å². The van der Waals surface area contributed by atoms with Crippen LogP contribution in [0.25, 0.3) is 0 Å². The van der Waals surface area contributed by atoms with Gasteiger partial charge in [0.25, 0.3) is 0 Å². The van der Waals surface area contributed by atoms with Gasteiger partial charge in [-0.25, -0.2) is 0 Å². The molecule has 102 valence electrons. The highest BCUT2D eigenvalue weighted by atomic mass is 16.5. The Bertz CT molecular complexity index is 564. The Morgan fingerprint density at radius 3 is 2.79 bits per heavy atom. The standard InChI is InChI=1S/C14H19N3O2/c1-10-12(9-17(2)16-10)8-15-7-11-4-5-13(18)14(6-11)19-3/h4-6,9,15,18H,7-8H2,1-3H3. The number of rotatable bonds is 5. The topological polar surface area (TPSA) is 59.3 Å². The zero-order valence-electron chi connectivity index (χ0n) is 11.5. The van der Waals surface area contributed by atoms with Crippen molar-refractivity contribution in [3.63, 3.8) is 0 Å². The molecule has 1 aromatic carbocycles. The van der Waals surface area contributed by atoms with Gasteiger partial charge in [0.2, 0.25) is 0 Å². The van der Waals surface area contributed by atoms with Gasteiger partial charge in [-0.1, -0.05) is 6.07 Å². The van der Waals surface area contributed by atoms with Crippen molar-refractivity contribution in [2.24, 2.45) is 7.05 Å². The number of phenols is 1. The summed E-state index contributed by atoms with van der Waals surface area (Å²) in [5, 5.41) is 17.2. The second-order valence-corrected chi connectivity index (χ2v) is 4.52. The maximum atomic E-state index is 9.52. The predicted octanol–water partition coefficient (Wildman–Crippen LogP) is 1.73. The van der Waals surface area contributed by atoms with Gasteiger partial charge < -0.3 is 15.2 Å². The Labute approximate surface area is 112 Å². The van der Waals surface area contributed by atoms with Crippen molar-refractivity contribution < 1.29 is 9.84 Å². The minimum absolute atomic E-state index is 0.161. The number of hydrogen-bond acceptors (Lipinski definition) is 4. The summed E-state index contributed by atoms with van der Waals surface area (Å²) < 4.78 is 6.90. The van der Waals surface area contributed by atoms with E-state index < -0.39 is 0 Å². The van der Waals surface area contributed by atoms with Gasteiger partial charge in [-0.05, 0) is 24.6 Å². The van der Waals surface area contributed by atoms with E-state index in [4.69, 9.17) is 4.74 Å². The molecule has 5 heteroatoms. The molecule has 1 heterocycles. The largest absolute Gasteiger partial charge is 0.504 e. The van der Waals surface area contributed by atoms with Gasteiger partial charge in [-0.15, -0.1) is 0 Å². The predicted molar refractivity (Wildman–Crippen MR) is 73.1 cm³/mol. The number of ether oxygens (including phenoxy) is 1. The molecule has 0 amide bonds. The number of hydrogen-bond donors (Lipinski definition) is 2. The van der Waals surface area contributed by atoms with Crippen molar-refractivity contribution in [1.29, 1.82) is 0 Å². The van der Waals surface area contributed by atoms with Crippen molar-refractivity contribution in [2.75, 3.05) is 7.11 Å². The number of nitrogens with one attached hydrogen (secondary N) is 1. The van der Waals surface area contributed by atoms with E-state index in [2.05, 4.69) is 10.4 Å². The number of aromatic hydroxyl groups is 1. The lowest BCUT2D eigenvalue weighted by molar-refractivity contribution is 0.373. The summed E-state index contributed by atoms with van der Waals surface area (Å²) in [7, 11) is 3.46. The van der Waals surface area contributed by atoms with Crippen molar-refractivity contribution in [3.05, 3.63) is 41.2 Å². The van der Waals surface area contributed by atoms with Gasteiger partial charge in [0.1, 0.15) is 0 Å². The zero-order chi connectivity index (χ0) is 13.8. The average Bonchev–Trinajstić information content (AvgIpc) is 2.70. The third-order valence-electron chi connectivity index (χ3n) is 3.00. The van der Waals surface area contributed by atoms with E-state index in [0.29, 0.717) is 12.3 Å². The van der Waals surface area contributed by atoms with Crippen LogP contribution in [0, 0.1) is 6.92 Å². The van der Waals surface area contributed by atoms with E-state index in [0.717, 1.165) is 17.8 Å². The lowest BCUT2D eigenvalue weighted by atomic mass is 10.2. The molecule has 0 saturated heterocycles. The van der Waals surface area contributed by atoms with Crippen molar-refractivity contribution in [1.82, 2.24) is 15.1 Å². The van der Waals surface area contributed by atoms with E-state index in [9.17, 15) is 5.11 Å². The van der Waals surface area contributed by atoms with E-state index in [-0.39, 0.29) is 5.75 Å². The summed E-state index contributed by atoms with van der Waals surface area (Å²) in [4.78, 5) is 0. The maximum absolute atomic E-state index is 9.52. The lowest BCUT2D eigenvalue weighted by Crippen LogP contribution is -2.13. The molecule has 0 aliphatic rings. The van der Waals surface area contributed by atoms with Crippen LogP contribution in [0.2, 0.25) is 0 Å². The Balaban J connectivity index is 1.94. The maximum Gasteiger partial charge on any atom is 0.160 e. The summed E-state index contributed by atoms with van der Waals surface area (Å²) in [6, 6.07) is 5.35. The molecule has 0 saturated carbocycles. The molecule has 2 rings (SSSR count). The first-order chi connectivity index (χ1) is 9.10. The second-order valence-electron chi connectivity index (χ2n) is 4.52. The van der Waals surface area contributed by atoms with Crippen LogP contribution in [-0.2, 0) is 20.1 Å². The highest BCUT2D eigenvalue weighted by molar-refractivity contribution is 5.41. The number of aromatic nitrogens is 2. The number of methoxy groups -OCH3 is 1. The molecule has 0 unspecified atom stereocenters. The summed E-state index contributed by atoms with van der Waals surface area (Å²) in [6.07, 6.45) is 2.01. The molecular weight excluding hydrogens is 242 g/mol. The molecule has 0 atom stereocenters. The second kappa shape index (κ2) is 5.75. The lowest BCUT2D eigenvalue weighted by Gasteiger charge is -2.07. The monoisotopic (exact) mass is 261 g/mol. The highest BCUT2D eigenvalue weighted by Gasteiger charge is 2.04. The normalized spacial score (nSPS) is 10.7. The van der Waals surface area contributed by atoms with Crippen LogP contribution >= 0.6 is 0 Å². The third-order valence-corrected chi connectivity index (χ3v) is 3.00. The minimum Gasteiger partial charge on any atom is -0.504 e. The molecule has 2 aromatic rings. The summed E-state index contributed by atoms with van der Waals surface area (Å²) in [6.45, 7) is 3.48. The summed E-state index contributed by atoms with van der Waals surface area (Å²) in [5.74, 6) is 0.659. The van der Waals surface area contributed by atoms with E-state index >= 15 is 0 Å². The van der Waals surface area contributed by atoms with Crippen LogP contribution in [-0.4, -0.2) is 22.0 Å². The molecule has 0 aliphatic carbocycles. The fourth-order valence-electron chi connectivity index (χ4n) is 2.00. The summed E-state index contributed by atoms with van der Waals surface area (Å²) in [5.41, 5.74) is 3.29.